The van der Waals surface area contributed by atoms with Gasteiger partial charge < -0.3 is 10.4 Å². The molecule has 21 heavy (non-hydrogen) atoms. The summed E-state index contributed by atoms with van der Waals surface area (Å²) in [5.74, 6) is 0.444. The third kappa shape index (κ3) is 4.47. The van der Waals surface area contributed by atoms with Crippen molar-refractivity contribution >= 4 is 0 Å². The first kappa shape index (κ1) is 16.4. The third-order valence-electron chi connectivity index (χ3n) is 4.46. The summed E-state index contributed by atoms with van der Waals surface area (Å²) < 4.78 is 0. The summed E-state index contributed by atoms with van der Waals surface area (Å²) in [5.41, 5.74) is 2.86. The van der Waals surface area contributed by atoms with Crippen molar-refractivity contribution in [2.45, 2.75) is 71.8 Å². The van der Waals surface area contributed by atoms with Crippen molar-refractivity contribution in [3.8, 4) is 5.75 Å². The van der Waals surface area contributed by atoms with Gasteiger partial charge in [-0.1, -0.05) is 46.8 Å². The Morgan fingerprint density at radius 3 is 2.48 bits per heavy atom. The van der Waals surface area contributed by atoms with E-state index >= 15 is 0 Å². The molecule has 1 unspecified atom stereocenters. The average Bonchev–Trinajstić information content (AvgIpc) is 2.81. The molecule has 2 nitrogen and oxygen atoms in total. The smallest absolute Gasteiger partial charge is 0.118 e. The van der Waals surface area contributed by atoms with E-state index in [0.29, 0.717) is 17.2 Å². The highest BCUT2D eigenvalue weighted by Crippen LogP contribution is 2.37. The van der Waals surface area contributed by atoms with Gasteiger partial charge in [0, 0.05) is 6.04 Å². The van der Waals surface area contributed by atoms with Crippen molar-refractivity contribution in [3.63, 3.8) is 0 Å². The SMILES string of the molecule is CC(C)(C)CC(C)(C)c1ccc(O)c(CC2CCCN2)c1. The van der Waals surface area contributed by atoms with Crippen LogP contribution in [0.1, 0.15) is 65.0 Å². The Hall–Kier alpha value is -1.02. The Morgan fingerprint density at radius 2 is 1.90 bits per heavy atom. The summed E-state index contributed by atoms with van der Waals surface area (Å²) in [7, 11) is 0. The first-order valence-corrected chi connectivity index (χ1v) is 8.23. The molecule has 1 heterocycles. The lowest BCUT2D eigenvalue weighted by Crippen LogP contribution is -2.26. The van der Waals surface area contributed by atoms with E-state index in [-0.39, 0.29) is 5.41 Å². The highest BCUT2D eigenvalue weighted by Gasteiger charge is 2.28. The van der Waals surface area contributed by atoms with Gasteiger partial charge in [0.05, 0.1) is 0 Å². The Kier molecular flexibility index (Phi) is 4.67. The number of benzene rings is 1. The Labute approximate surface area is 130 Å². The maximum atomic E-state index is 10.2. The molecular weight excluding hydrogens is 258 g/mol. The molecule has 2 heteroatoms. The minimum Gasteiger partial charge on any atom is -0.508 e. The van der Waals surface area contributed by atoms with Gasteiger partial charge in [0.1, 0.15) is 5.75 Å². The second-order valence-corrected chi connectivity index (χ2v) is 8.46. The molecule has 0 aromatic heterocycles. The molecule has 118 valence electrons. The van der Waals surface area contributed by atoms with Gasteiger partial charge in [0.25, 0.3) is 0 Å². The molecule has 0 saturated carbocycles. The van der Waals surface area contributed by atoms with Crippen LogP contribution in [0.2, 0.25) is 0 Å². The molecule has 0 amide bonds. The topological polar surface area (TPSA) is 32.3 Å². The molecule has 0 bridgehead atoms. The molecule has 1 atom stereocenters. The Bertz CT molecular complexity index is 479. The molecule has 0 spiro atoms. The molecular formula is C19H31NO. The van der Waals surface area contributed by atoms with Crippen LogP contribution in [0.15, 0.2) is 18.2 Å². The summed E-state index contributed by atoms with van der Waals surface area (Å²) in [6.07, 6.45) is 4.53. The number of nitrogens with one attached hydrogen (secondary N) is 1. The Morgan fingerprint density at radius 1 is 1.19 bits per heavy atom. The molecule has 1 aliphatic rings. The fourth-order valence-electron chi connectivity index (χ4n) is 3.79. The molecule has 2 N–H and O–H groups in total. The fourth-order valence-corrected chi connectivity index (χ4v) is 3.79. The Balaban J connectivity index is 2.20. The first-order valence-electron chi connectivity index (χ1n) is 8.23. The van der Waals surface area contributed by atoms with E-state index in [1.165, 1.54) is 18.4 Å². The van der Waals surface area contributed by atoms with E-state index in [9.17, 15) is 5.11 Å². The first-order chi connectivity index (χ1) is 9.67. The molecule has 0 radical (unpaired) electrons. The zero-order valence-electron chi connectivity index (χ0n) is 14.3. The molecule has 1 aromatic rings. The molecule has 1 saturated heterocycles. The van der Waals surface area contributed by atoms with Crippen molar-refractivity contribution in [3.05, 3.63) is 29.3 Å². The van der Waals surface area contributed by atoms with Gasteiger partial charge in [-0.15, -0.1) is 0 Å². The van der Waals surface area contributed by atoms with Crippen molar-refractivity contribution in [1.82, 2.24) is 5.32 Å². The van der Waals surface area contributed by atoms with Crippen LogP contribution in [-0.4, -0.2) is 17.7 Å². The van der Waals surface area contributed by atoms with E-state index in [1.54, 1.807) is 0 Å². The monoisotopic (exact) mass is 289 g/mol. The number of phenols is 1. The maximum Gasteiger partial charge on any atom is 0.118 e. The van der Waals surface area contributed by atoms with Gasteiger partial charge in [-0.05, 0) is 60.3 Å². The van der Waals surface area contributed by atoms with Crippen LogP contribution >= 0.6 is 0 Å². The van der Waals surface area contributed by atoms with E-state index in [0.717, 1.165) is 24.9 Å². The molecule has 1 fully saturated rings. The quantitative estimate of drug-likeness (QED) is 0.861. The van der Waals surface area contributed by atoms with Crippen LogP contribution in [0.25, 0.3) is 0 Å². The number of rotatable bonds is 4. The zero-order valence-corrected chi connectivity index (χ0v) is 14.3. The predicted octanol–water partition coefficient (Wildman–Crippen LogP) is 4.40. The van der Waals surface area contributed by atoms with Crippen molar-refractivity contribution < 1.29 is 5.11 Å². The molecule has 1 aliphatic heterocycles. The highest BCUT2D eigenvalue weighted by molar-refractivity contribution is 5.39. The summed E-state index contributed by atoms with van der Waals surface area (Å²) in [6, 6.07) is 6.72. The van der Waals surface area contributed by atoms with E-state index in [1.807, 2.05) is 6.07 Å². The minimum atomic E-state index is 0.129. The zero-order chi connectivity index (χ0) is 15.7. The molecule has 2 rings (SSSR count). The summed E-state index contributed by atoms with van der Waals surface area (Å²) >= 11 is 0. The second kappa shape index (κ2) is 6.00. The summed E-state index contributed by atoms with van der Waals surface area (Å²) in [5, 5.41) is 13.7. The maximum absolute atomic E-state index is 10.2. The number of aromatic hydroxyl groups is 1. The van der Waals surface area contributed by atoms with E-state index < -0.39 is 0 Å². The average molecular weight is 289 g/mol. The lowest BCUT2D eigenvalue weighted by atomic mass is 9.72. The summed E-state index contributed by atoms with van der Waals surface area (Å²) in [6.45, 7) is 12.6. The van der Waals surface area contributed by atoms with Crippen LogP contribution in [0.4, 0.5) is 0 Å². The number of hydrogen-bond donors (Lipinski definition) is 2. The van der Waals surface area contributed by atoms with Crippen molar-refractivity contribution in [2.75, 3.05) is 6.54 Å². The number of hydrogen-bond acceptors (Lipinski definition) is 2. The number of phenolic OH excluding ortho intramolecular Hbond substituents is 1. The standard InChI is InChI=1S/C19H31NO/c1-18(2,3)13-19(4,5)15-8-9-17(21)14(11-15)12-16-7-6-10-20-16/h8-9,11,16,20-21H,6-7,10,12-13H2,1-5H3. The lowest BCUT2D eigenvalue weighted by molar-refractivity contribution is 0.284. The van der Waals surface area contributed by atoms with Gasteiger partial charge in [0.2, 0.25) is 0 Å². The van der Waals surface area contributed by atoms with Gasteiger partial charge in [-0.25, -0.2) is 0 Å². The fraction of sp³-hybridized carbons (Fsp3) is 0.684. The largest absolute Gasteiger partial charge is 0.508 e. The van der Waals surface area contributed by atoms with Crippen LogP contribution in [0.3, 0.4) is 0 Å². The normalized spacial score (nSPS) is 20.0. The van der Waals surface area contributed by atoms with E-state index in [2.05, 4.69) is 52.1 Å². The highest BCUT2D eigenvalue weighted by atomic mass is 16.3. The minimum absolute atomic E-state index is 0.129. The summed E-state index contributed by atoms with van der Waals surface area (Å²) in [4.78, 5) is 0. The molecule has 0 aliphatic carbocycles. The second-order valence-electron chi connectivity index (χ2n) is 8.46. The van der Waals surface area contributed by atoms with Gasteiger partial charge in [-0.2, -0.15) is 0 Å². The van der Waals surface area contributed by atoms with E-state index in [4.69, 9.17) is 0 Å². The third-order valence-corrected chi connectivity index (χ3v) is 4.46. The van der Waals surface area contributed by atoms with Crippen molar-refractivity contribution in [1.29, 1.82) is 0 Å². The predicted molar refractivity (Wildman–Crippen MR) is 89.9 cm³/mol. The van der Waals surface area contributed by atoms with Gasteiger partial charge >= 0.3 is 0 Å². The van der Waals surface area contributed by atoms with Crippen LogP contribution in [0, 0.1) is 5.41 Å². The molecule has 1 aromatic carbocycles. The van der Waals surface area contributed by atoms with Crippen molar-refractivity contribution in [2.24, 2.45) is 5.41 Å². The van der Waals surface area contributed by atoms with Gasteiger partial charge in [0.15, 0.2) is 0 Å². The van der Waals surface area contributed by atoms with Crippen LogP contribution in [0.5, 0.6) is 5.75 Å². The van der Waals surface area contributed by atoms with Gasteiger partial charge in [-0.3, -0.25) is 0 Å². The van der Waals surface area contributed by atoms with Crippen LogP contribution in [-0.2, 0) is 11.8 Å². The lowest BCUT2D eigenvalue weighted by Gasteiger charge is -2.33. The van der Waals surface area contributed by atoms with Crippen LogP contribution < -0.4 is 5.32 Å².